The number of carbonyl (C=O) groups is 2. The molecule has 2 fully saturated rings. The van der Waals surface area contributed by atoms with Crippen molar-refractivity contribution in [3.05, 3.63) is 35.4 Å². The summed E-state index contributed by atoms with van der Waals surface area (Å²) in [5, 5.41) is 0. The van der Waals surface area contributed by atoms with Crippen LogP contribution in [0.5, 0.6) is 0 Å². The second kappa shape index (κ2) is 7.81. The molecule has 0 aromatic heterocycles. The Morgan fingerprint density at radius 3 is 1.46 bits per heavy atom. The van der Waals surface area contributed by atoms with Gasteiger partial charge < -0.3 is 11.5 Å². The van der Waals surface area contributed by atoms with E-state index in [1.54, 1.807) is 0 Å². The fraction of sp³-hybridized carbons (Fsp3) is 0.636. The van der Waals surface area contributed by atoms with Gasteiger partial charge in [0.2, 0.25) is 11.8 Å². The third-order valence-corrected chi connectivity index (χ3v) is 6.74. The summed E-state index contributed by atoms with van der Waals surface area (Å²) in [5.41, 5.74) is 13.1. The van der Waals surface area contributed by atoms with Gasteiger partial charge in [-0.1, -0.05) is 62.8 Å². The van der Waals surface area contributed by atoms with E-state index < -0.39 is 10.8 Å². The van der Waals surface area contributed by atoms with Crippen LogP contribution in [-0.2, 0) is 22.4 Å². The third kappa shape index (κ3) is 3.94. The molecule has 0 radical (unpaired) electrons. The predicted molar refractivity (Wildman–Crippen MR) is 103 cm³/mol. The first-order chi connectivity index (χ1) is 12.5. The highest BCUT2D eigenvalue weighted by atomic mass is 16.1. The zero-order chi connectivity index (χ0) is 18.6. The number of carbonyl (C=O) groups excluding carboxylic acids is 2. The van der Waals surface area contributed by atoms with E-state index in [4.69, 9.17) is 11.5 Å². The van der Waals surface area contributed by atoms with Crippen LogP contribution in [0.1, 0.15) is 75.3 Å². The predicted octanol–water partition coefficient (Wildman–Crippen LogP) is 3.64. The second-order valence-electron chi connectivity index (χ2n) is 8.58. The zero-order valence-corrected chi connectivity index (χ0v) is 15.8. The third-order valence-electron chi connectivity index (χ3n) is 6.74. The Hall–Kier alpha value is -1.84. The molecule has 0 aliphatic heterocycles. The van der Waals surface area contributed by atoms with Crippen molar-refractivity contribution in [2.45, 2.75) is 77.0 Å². The van der Waals surface area contributed by atoms with Crippen LogP contribution in [0.25, 0.3) is 0 Å². The number of nitrogens with two attached hydrogens (primary N) is 2. The second-order valence-corrected chi connectivity index (χ2v) is 8.58. The van der Waals surface area contributed by atoms with Gasteiger partial charge in [-0.15, -0.1) is 0 Å². The Kier molecular flexibility index (Phi) is 5.69. The zero-order valence-electron chi connectivity index (χ0n) is 15.8. The van der Waals surface area contributed by atoms with Gasteiger partial charge in [-0.05, 0) is 49.7 Å². The molecule has 0 atom stereocenters. The number of rotatable bonds is 6. The minimum atomic E-state index is -0.400. The van der Waals surface area contributed by atoms with E-state index in [-0.39, 0.29) is 11.8 Å². The summed E-state index contributed by atoms with van der Waals surface area (Å²) in [6, 6.07) is 8.37. The van der Waals surface area contributed by atoms with Crippen LogP contribution in [0.15, 0.2) is 24.3 Å². The summed E-state index contributed by atoms with van der Waals surface area (Å²) in [6.45, 7) is 0. The van der Waals surface area contributed by atoms with E-state index >= 15 is 0 Å². The standard InChI is InChI=1S/C22H32N2O2/c23-19(25)21(10-3-1-4-11-21)15-17-8-7-9-18(14-17)16-22(20(24)26)12-5-2-6-13-22/h7-9,14H,1-6,10-13,15-16H2,(H2,23,25)(H2,24,26). The van der Waals surface area contributed by atoms with Crippen molar-refractivity contribution in [2.75, 3.05) is 0 Å². The lowest BCUT2D eigenvalue weighted by atomic mass is 9.68. The lowest BCUT2D eigenvalue weighted by molar-refractivity contribution is -0.130. The lowest BCUT2D eigenvalue weighted by Gasteiger charge is -2.35. The van der Waals surface area contributed by atoms with E-state index in [0.717, 1.165) is 62.5 Å². The maximum atomic E-state index is 12.2. The molecule has 2 amide bonds. The molecule has 3 rings (SSSR count). The van der Waals surface area contributed by atoms with Gasteiger partial charge in [-0.25, -0.2) is 0 Å². The molecular formula is C22H32N2O2. The van der Waals surface area contributed by atoms with Crippen LogP contribution in [0.2, 0.25) is 0 Å². The number of amides is 2. The number of hydrogen-bond acceptors (Lipinski definition) is 2. The molecule has 4 N–H and O–H groups in total. The molecule has 2 saturated carbocycles. The van der Waals surface area contributed by atoms with Crippen molar-refractivity contribution in [3.8, 4) is 0 Å². The molecule has 2 aliphatic rings. The molecule has 4 heteroatoms. The highest BCUT2D eigenvalue weighted by molar-refractivity contribution is 5.82. The van der Waals surface area contributed by atoms with Gasteiger partial charge >= 0.3 is 0 Å². The molecule has 0 spiro atoms. The Morgan fingerprint density at radius 2 is 1.12 bits per heavy atom. The van der Waals surface area contributed by atoms with E-state index in [9.17, 15) is 9.59 Å². The fourth-order valence-corrected chi connectivity index (χ4v) is 5.11. The minimum Gasteiger partial charge on any atom is -0.369 e. The normalized spacial score (nSPS) is 21.8. The monoisotopic (exact) mass is 356 g/mol. The van der Waals surface area contributed by atoms with Crippen LogP contribution >= 0.6 is 0 Å². The summed E-state index contributed by atoms with van der Waals surface area (Å²) in [4.78, 5) is 24.4. The first kappa shape index (κ1) is 18.9. The van der Waals surface area contributed by atoms with E-state index in [1.165, 1.54) is 12.8 Å². The van der Waals surface area contributed by atoms with Gasteiger partial charge in [0.25, 0.3) is 0 Å². The molecule has 1 aromatic carbocycles. The van der Waals surface area contributed by atoms with Gasteiger partial charge in [-0.2, -0.15) is 0 Å². The average molecular weight is 357 g/mol. The first-order valence-electron chi connectivity index (χ1n) is 10.1. The smallest absolute Gasteiger partial charge is 0.223 e. The van der Waals surface area contributed by atoms with Crippen molar-refractivity contribution in [1.82, 2.24) is 0 Å². The summed E-state index contributed by atoms with van der Waals surface area (Å²) in [6.07, 6.45) is 11.7. The molecule has 2 aliphatic carbocycles. The van der Waals surface area contributed by atoms with Crippen molar-refractivity contribution in [1.29, 1.82) is 0 Å². The molecule has 0 unspecified atom stereocenters. The number of primary amides is 2. The molecule has 142 valence electrons. The highest BCUT2D eigenvalue weighted by Gasteiger charge is 2.39. The van der Waals surface area contributed by atoms with Gasteiger partial charge in [0.05, 0.1) is 10.8 Å². The van der Waals surface area contributed by atoms with Crippen molar-refractivity contribution in [2.24, 2.45) is 22.3 Å². The van der Waals surface area contributed by atoms with Gasteiger partial charge in [0.15, 0.2) is 0 Å². The number of benzene rings is 1. The van der Waals surface area contributed by atoms with E-state index in [0.29, 0.717) is 12.8 Å². The first-order valence-corrected chi connectivity index (χ1v) is 10.1. The van der Waals surface area contributed by atoms with Crippen LogP contribution in [0, 0.1) is 10.8 Å². The molecule has 0 heterocycles. The largest absolute Gasteiger partial charge is 0.369 e. The summed E-state index contributed by atoms with van der Waals surface area (Å²) in [7, 11) is 0. The molecule has 0 bridgehead atoms. The molecule has 4 nitrogen and oxygen atoms in total. The van der Waals surface area contributed by atoms with Gasteiger partial charge in [0, 0.05) is 0 Å². The maximum Gasteiger partial charge on any atom is 0.223 e. The van der Waals surface area contributed by atoms with Crippen molar-refractivity contribution >= 4 is 11.8 Å². The SMILES string of the molecule is NC(=O)C1(Cc2cccc(CC3(C(N)=O)CCCCC3)c2)CCCCC1. The average Bonchev–Trinajstić information content (AvgIpc) is 2.63. The molecular weight excluding hydrogens is 324 g/mol. The fourth-order valence-electron chi connectivity index (χ4n) is 5.11. The van der Waals surface area contributed by atoms with Crippen LogP contribution in [0.3, 0.4) is 0 Å². The Morgan fingerprint density at radius 1 is 0.731 bits per heavy atom. The summed E-state index contributed by atoms with van der Waals surface area (Å²) in [5.74, 6) is -0.327. The van der Waals surface area contributed by atoms with Crippen LogP contribution in [0.4, 0.5) is 0 Å². The molecule has 26 heavy (non-hydrogen) atoms. The quantitative estimate of drug-likeness (QED) is 0.815. The van der Waals surface area contributed by atoms with Gasteiger partial charge in [-0.3, -0.25) is 9.59 Å². The maximum absolute atomic E-state index is 12.2. The lowest BCUT2D eigenvalue weighted by Crippen LogP contribution is -2.41. The van der Waals surface area contributed by atoms with E-state index in [2.05, 4.69) is 18.2 Å². The minimum absolute atomic E-state index is 0.163. The van der Waals surface area contributed by atoms with Gasteiger partial charge in [0.1, 0.15) is 0 Å². The Labute approximate surface area is 156 Å². The van der Waals surface area contributed by atoms with Crippen molar-refractivity contribution < 1.29 is 9.59 Å². The summed E-state index contributed by atoms with van der Waals surface area (Å²) < 4.78 is 0. The summed E-state index contributed by atoms with van der Waals surface area (Å²) >= 11 is 0. The Balaban J connectivity index is 1.79. The molecule has 1 aromatic rings. The molecule has 0 saturated heterocycles. The van der Waals surface area contributed by atoms with Crippen LogP contribution in [-0.4, -0.2) is 11.8 Å². The van der Waals surface area contributed by atoms with Crippen molar-refractivity contribution in [3.63, 3.8) is 0 Å². The number of hydrogen-bond donors (Lipinski definition) is 2. The van der Waals surface area contributed by atoms with E-state index in [1.807, 2.05) is 6.07 Å². The topological polar surface area (TPSA) is 86.2 Å². The van der Waals surface area contributed by atoms with Crippen LogP contribution < -0.4 is 11.5 Å². The highest BCUT2D eigenvalue weighted by Crippen LogP contribution is 2.41. The Bertz CT molecular complexity index is 603.